The van der Waals surface area contributed by atoms with Crippen LogP contribution in [0, 0.1) is 34.5 Å². The van der Waals surface area contributed by atoms with Crippen molar-refractivity contribution in [1.29, 1.82) is 0 Å². The molecule has 0 N–H and O–H groups in total. The molecule has 3 aliphatic rings. The van der Waals surface area contributed by atoms with Crippen molar-refractivity contribution < 1.29 is 9.47 Å². The van der Waals surface area contributed by atoms with E-state index >= 15 is 0 Å². The quantitative estimate of drug-likeness (QED) is 0.535. The van der Waals surface area contributed by atoms with E-state index < -0.39 is 0 Å². The smallest absolute Gasteiger partial charge is 0.0624 e. The van der Waals surface area contributed by atoms with Gasteiger partial charge in [0.1, 0.15) is 0 Å². The predicted molar refractivity (Wildman–Crippen MR) is 114 cm³/mol. The van der Waals surface area contributed by atoms with E-state index in [-0.39, 0.29) is 0 Å². The summed E-state index contributed by atoms with van der Waals surface area (Å²) >= 11 is 0. The fourth-order valence-electron chi connectivity index (χ4n) is 4.04. The molecule has 0 aromatic carbocycles. The van der Waals surface area contributed by atoms with Crippen molar-refractivity contribution >= 4 is 0 Å². The van der Waals surface area contributed by atoms with Crippen LogP contribution in [-0.2, 0) is 9.47 Å². The Kier molecular flexibility index (Phi) is 9.64. The summed E-state index contributed by atoms with van der Waals surface area (Å²) in [7, 11) is 0. The highest BCUT2D eigenvalue weighted by molar-refractivity contribution is 4.90. The van der Waals surface area contributed by atoms with Gasteiger partial charge in [-0.1, -0.05) is 81.6 Å². The SMILES string of the molecule is CC(C)(C)C1CCCO1.CC(C)C1(C(C)C)COC1.CC(C)C1CCC1. The minimum atomic E-state index is 0.358. The van der Waals surface area contributed by atoms with Gasteiger partial charge in [-0.2, -0.15) is 0 Å². The van der Waals surface area contributed by atoms with Gasteiger partial charge >= 0.3 is 0 Å². The number of hydrogen-bond acceptors (Lipinski definition) is 2. The summed E-state index contributed by atoms with van der Waals surface area (Å²) in [5.41, 5.74) is 0.858. The first kappa shape index (κ1) is 24.0. The molecule has 26 heavy (non-hydrogen) atoms. The molecule has 3 rings (SSSR count). The molecule has 2 saturated heterocycles. The molecule has 1 unspecified atom stereocenters. The van der Waals surface area contributed by atoms with E-state index in [0.717, 1.165) is 43.5 Å². The number of hydrogen-bond donors (Lipinski definition) is 0. The fraction of sp³-hybridized carbons (Fsp3) is 1.00. The van der Waals surface area contributed by atoms with Crippen LogP contribution >= 0.6 is 0 Å². The van der Waals surface area contributed by atoms with Crippen LogP contribution in [0.3, 0.4) is 0 Å². The molecule has 2 heterocycles. The Bertz CT molecular complexity index is 354. The summed E-state index contributed by atoms with van der Waals surface area (Å²) in [6.07, 6.45) is 7.50. The van der Waals surface area contributed by atoms with Crippen LogP contribution < -0.4 is 0 Å². The van der Waals surface area contributed by atoms with Crippen molar-refractivity contribution in [2.45, 2.75) is 101 Å². The highest BCUT2D eigenvalue weighted by Gasteiger charge is 2.43. The Morgan fingerprint density at radius 1 is 0.808 bits per heavy atom. The lowest BCUT2D eigenvalue weighted by Gasteiger charge is -2.48. The second-order valence-electron chi connectivity index (χ2n) is 10.8. The predicted octanol–water partition coefficient (Wildman–Crippen LogP) is 6.97. The van der Waals surface area contributed by atoms with Crippen molar-refractivity contribution in [1.82, 2.24) is 0 Å². The third-order valence-corrected chi connectivity index (χ3v) is 7.03. The third-order valence-electron chi connectivity index (χ3n) is 7.03. The lowest BCUT2D eigenvalue weighted by atomic mass is 9.67. The molecule has 2 heteroatoms. The van der Waals surface area contributed by atoms with Crippen LogP contribution in [-0.4, -0.2) is 25.9 Å². The van der Waals surface area contributed by atoms with E-state index in [1.54, 1.807) is 0 Å². The van der Waals surface area contributed by atoms with Gasteiger partial charge in [-0.05, 0) is 41.9 Å². The topological polar surface area (TPSA) is 18.5 Å². The molecular weight excluding hydrogens is 320 g/mol. The summed E-state index contributed by atoms with van der Waals surface area (Å²) in [6.45, 7) is 23.5. The molecule has 0 aromatic rings. The minimum Gasteiger partial charge on any atom is -0.380 e. The molecular formula is C24H48O2. The Hall–Kier alpha value is -0.0800. The monoisotopic (exact) mass is 368 g/mol. The molecule has 1 saturated carbocycles. The first-order chi connectivity index (χ1) is 12.0. The van der Waals surface area contributed by atoms with Crippen LogP contribution in [0.4, 0.5) is 0 Å². The van der Waals surface area contributed by atoms with Crippen LogP contribution in [0.25, 0.3) is 0 Å². The normalized spacial score (nSPS) is 25.2. The maximum Gasteiger partial charge on any atom is 0.0624 e. The maximum absolute atomic E-state index is 5.52. The van der Waals surface area contributed by atoms with Gasteiger partial charge in [0, 0.05) is 12.0 Å². The molecule has 1 atom stereocenters. The Balaban J connectivity index is 0.000000198. The fourth-order valence-corrected chi connectivity index (χ4v) is 4.04. The zero-order valence-electron chi connectivity index (χ0n) is 19.4. The Morgan fingerprint density at radius 2 is 1.35 bits per heavy atom. The average molecular weight is 369 g/mol. The van der Waals surface area contributed by atoms with Crippen molar-refractivity contribution in [3.63, 3.8) is 0 Å². The van der Waals surface area contributed by atoms with Crippen molar-refractivity contribution in [2.75, 3.05) is 19.8 Å². The molecule has 1 aliphatic carbocycles. The van der Waals surface area contributed by atoms with Crippen LogP contribution in [0.5, 0.6) is 0 Å². The standard InChI is InChI=1S/C9H18O.C8H16O.C7H14/c1-7(2)9(8(3)4)5-10-6-9;1-8(2,3)7-5-4-6-9-7;1-6(2)7-4-3-5-7/h7-8H,5-6H2,1-4H3;7H,4-6H2,1-3H3;6-7H,3-5H2,1-2H3. The first-order valence-electron chi connectivity index (χ1n) is 11.2. The molecule has 2 nitrogen and oxygen atoms in total. The van der Waals surface area contributed by atoms with Gasteiger partial charge in [0.15, 0.2) is 0 Å². The van der Waals surface area contributed by atoms with Gasteiger partial charge in [-0.3, -0.25) is 0 Å². The van der Waals surface area contributed by atoms with Gasteiger partial charge in [-0.25, -0.2) is 0 Å². The molecule has 156 valence electrons. The van der Waals surface area contributed by atoms with E-state index in [9.17, 15) is 0 Å². The molecule has 0 amide bonds. The summed E-state index contributed by atoms with van der Waals surface area (Å²) < 4.78 is 10.8. The van der Waals surface area contributed by atoms with E-state index in [2.05, 4.69) is 62.3 Å². The minimum absolute atomic E-state index is 0.358. The van der Waals surface area contributed by atoms with Crippen LogP contribution in [0.2, 0.25) is 0 Å². The van der Waals surface area contributed by atoms with E-state index in [1.165, 1.54) is 32.1 Å². The summed E-state index contributed by atoms with van der Waals surface area (Å²) in [4.78, 5) is 0. The molecule has 3 fully saturated rings. The van der Waals surface area contributed by atoms with Crippen molar-refractivity contribution in [2.24, 2.45) is 34.5 Å². The Morgan fingerprint density at radius 3 is 1.42 bits per heavy atom. The zero-order chi connectivity index (χ0) is 20.0. The second-order valence-corrected chi connectivity index (χ2v) is 10.8. The Labute approximate surface area is 164 Å². The highest BCUT2D eigenvalue weighted by atomic mass is 16.5. The molecule has 2 aliphatic heterocycles. The van der Waals surface area contributed by atoms with E-state index in [0.29, 0.717) is 16.9 Å². The van der Waals surface area contributed by atoms with Gasteiger partial charge in [0.2, 0.25) is 0 Å². The molecule has 0 aromatic heterocycles. The number of ether oxygens (including phenoxy) is 2. The average Bonchev–Trinajstić information content (AvgIpc) is 2.87. The second kappa shape index (κ2) is 10.5. The van der Waals surface area contributed by atoms with E-state index in [1.807, 2.05) is 0 Å². The van der Waals surface area contributed by atoms with E-state index in [4.69, 9.17) is 9.47 Å². The zero-order valence-corrected chi connectivity index (χ0v) is 19.4. The summed E-state index contributed by atoms with van der Waals surface area (Å²) in [5.74, 6) is 3.57. The highest BCUT2D eigenvalue weighted by Crippen LogP contribution is 2.42. The molecule has 0 radical (unpaired) electrons. The largest absolute Gasteiger partial charge is 0.380 e. The lowest BCUT2D eigenvalue weighted by Crippen LogP contribution is -2.50. The summed E-state index contributed by atoms with van der Waals surface area (Å²) in [5, 5.41) is 0. The maximum atomic E-state index is 5.52. The van der Waals surface area contributed by atoms with Gasteiger partial charge in [0.25, 0.3) is 0 Å². The van der Waals surface area contributed by atoms with Gasteiger partial charge in [-0.15, -0.1) is 0 Å². The van der Waals surface area contributed by atoms with Crippen LogP contribution in [0.1, 0.15) is 94.4 Å². The number of rotatable bonds is 3. The molecule has 0 spiro atoms. The molecule has 0 bridgehead atoms. The van der Waals surface area contributed by atoms with Crippen LogP contribution in [0.15, 0.2) is 0 Å². The lowest BCUT2D eigenvalue weighted by molar-refractivity contribution is -0.164. The van der Waals surface area contributed by atoms with Gasteiger partial charge < -0.3 is 9.47 Å². The van der Waals surface area contributed by atoms with Crippen molar-refractivity contribution in [3.05, 3.63) is 0 Å². The first-order valence-corrected chi connectivity index (χ1v) is 11.2. The van der Waals surface area contributed by atoms with Crippen molar-refractivity contribution in [3.8, 4) is 0 Å². The van der Waals surface area contributed by atoms with Gasteiger partial charge in [0.05, 0.1) is 19.3 Å². The summed E-state index contributed by atoms with van der Waals surface area (Å²) in [6, 6.07) is 0. The third kappa shape index (κ3) is 6.82.